The number of alkyl halides is 3. The average molecular weight is 450 g/mol. The van der Waals surface area contributed by atoms with E-state index >= 15 is 0 Å². The van der Waals surface area contributed by atoms with E-state index in [9.17, 15) is 21.6 Å². The summed E-state index contributed by atoms with van der Waals surface area (Å²) in [5.74, 6) is 1.03. The van der Waals surface area contributed by atoms with Crippen LogP contribution >= 0.6 is 0 Å². The van der Waals surface area contributed by atoms with Gasteiger partial charge in [-0.15, -0.1) is 0 Å². The van der Waals surface area contributed by atoms with Crippen molar-refractivity contribution in [2.45, 2.75) is 24.2 Å². The highest BCUT2D eigenvalue weighted by molar-refractivity contribution is 7.90. The second-order valence-electron chi connectivity index (χ2n) is 7.01. The van der Waals surface area contributed by atoms with Gasteiger partial charge in [0.15, 0.2) is 14.9 Å². The van der Waals surface area contributed by atoms with Crippen LogP contribution in [0, 0.1) is 0 Å². The Hall–Kier alpha value is -3.21. The molecule has 3 aromatic rings. The number of pyridine rings is 1. The van der Waals surface area contributed by atoms with E-state index in [1.54, 1.807) is 12.1 Å². The first-order valence-corrected chi connectivity index (χ1v) is 11.1. The molecule has 0 fully saturated rings. The molecule has 0 amide bonds. The third-order valence-electron chi connectivity index (χ3n) is 4.78. The van der Waals surface area contributed by atoms with E-state index in [2.05, 4.69) is 15.0 Å². The number of anilines is 1. The van der Waals surface area contributed by atoms with Gasteiger partial charge in [0.25, 0.3) is 0 Å². The fraction of sp³-hybridized carbons (Fsp3) is 0.250. The first-order valence-electron chi connectivity index (χ1n) is 9.21. The fourth-order valence-corrected chi connectivity index (χ4v) is 3.80. The van der Waals surface area contributed by atoms with Gasteiger partial charge in [0.1, 0.15) is 17.9 Å². The van der Waals surface area contributed by atoms with Crippen molar-refractivity contribution in [1.29, 1.82) is 0 Å². The monoisotopic (exact) mass is 450 g/mol. The zero-order valence-electron chi connectivity index (χ0n) is 16.3. The summed E-state index contributed by atoms with van der Waals surface area (Å²) in [7, 11) is -3.43. The molecule has 0 N–H and O–H groups in total. The first-order chi connectivity index (χ1) is 14.6. The Bertz CT molecular complexity index is 1220. The number of hydrogen-bond donors (Lipinski definition) is 0. The van der Waals surface area contributed by atoms with Gasteiger partial charge in [0.05, 0.1) is 17.8 Å². The summed E-state index contributed by atoms with van der Waals surface area (Å²) in [5, 5.41) is -0.00943. The van der Waals surface area contributed by atoms with Crippen LogP contribution in [0.1, 0.15) is 16.8 Å². The van der Waals surface area contributed by atoms with Gasteiger partial charge in [-0.25, -0.2) is 23.4 Å². The molecule has 0 aliphatic carbocycles. The van der Waals surface area contributed by atoms with E-state index in [1.807, 2.05) is 4.90 Å². The number of sulfone groups is 1. The Morgan fingerprint density at radius 2 is 1.81 bits per heavy atom. The van der Waals surface area contributed by atoms with Gasteiger partial charge in [-0.2, -0.15) is 13.2 Å². The van der Waals surface area contributed by atoms with Crippen molar-refractivity contribution in [3.05, 3.63) is 65.6 Å². The minimum Gasteiger partial charge on any atom is -0.439 e. The van der Waals surface area contributed by atoms with E-state index in [0.29, 0.717) is 31.0 Å². The highest BCUT2D eigenvalue weighted by atomic mass is 32.2. The van der Waals surface area contributed by atoms with Crippen LogP contribution < -0.4 is 9.64 Å². The van der Waals surface area contributed by atoms with Crippen LogP contribution in [0.2, 0.25) is 0 Å². The molecule has 0 saturated carbocycles. The summed E-state index contributed by atoms with van der Waals surface area (Å²) in [4.78, 5) is 14.5. The predicted molar refractivity (Wildman–Crippen MR) is 106 cm³/mol. The molecule has 11 heteroatoms. The minimum absolute atomic E-state index is 0.00943. The number of ether oxygens (including phenoxy) is 1. The van der Waals surface area contributed by atoms with Crippen molar-refractivity contribution in [2.24, 2.45) is 0 Å². The highest BCUT2D eigenvalue weighted by Crippen LogP contribution is 2.33. The molecule has 0 spiro atoms. The maximum atomic E-state index is 12.7. The summed E-state index contributed by atoms with van der Waals surface area (Å²) in [6.07, 6.45) is -1.50. The summed E-state index contributed by atoms with van der Waals surface area (Å²) < 4.78 is 67.5. The van der Waals surface area contributed by atoms with Crippen LogP contribution in [0.15, 0.2) is 53.8 Å². The van der Waals surface area contributed by atoms with Crippen molar-refractivity contribution in [3.63, 3.8) is 0 Å². The molecule has 1 aliphatic rings. The molecule has 1 aromatic carbocycles. The molecule has 3 heterocycles. The Morgan fingerprint density at radius 1 is 1.06 bits per heavy atom. The highest BCUT2D eigenvalue weighted by Gasteiger charge is 2.30. The first kappa shape index (κ1) is 21.0. The van der Waals surface area contributed by atoms with Gasteiger partial charge in [-0.05, 0) is 42.8 Å². The van der Waals surface area contributed by atoms with Crippen molar-refractivity contribution >= 4 is 15.7 Å². The Balaban J connectivity index is 1.56. The van der Waals surface area contributed by atoms with E-state index in [1.165, 1.54) is 24.5 Å². The van der Waals surface area contributed by atoms with Gasteiger partial charge < -0.3 is 9.64 Å². The molecule has 7 nitrogen and oxygen atoms in total. The van der Waals surface area contributed by atoms with Crippen LogP contribution in [0.5, 0.6) is 11.6 Å². The topological polar surface area (TPSA) is 85.3 Å². The maximum absolute atomic E-state index is 12.7. The molecule has 0 unspecified atom stereocenters. The zero-order valence-corrected chi connectivity index (χ0v) is 17.1. The quantitative estimate of drug-likeness (QED) is 0.600. The number of hydrogen-bond acceptors (Lipinski definition) is 7. The SMILES string of the molecule is CS(=O)(=O)c1cccc(N2CCc3c(ncnc3Oc3ccc(C(F)(F)F)cc3)C2)n1. The molecule has 1 aliphatic heterocycles. The molecule has 162 valence electrons. The standard InChI is InChI=1S/C20H17F3N4O3S/c1-31(28,29)18-4-2-3-17(26-18)27-10-9-15-16(11-27)24-12-25-19(15)30-14-7-5-13(6-8-14)20(21,22)23/h2-8,12H,9-11H2,1H3. The van der Waals surface area contributed by atoms with Gasteiger partial charge in [-0.1, -0.05) is 6.07 Å². The third kappa shape index (κ3) is 4.61. The maximum Gasteiger partial charge on any atom is 0.416 e. The normalized spacial score (nSPS) is 14.3. The number of nitrogens with zero attached hydrogens (tertiary/aromatic N) is 4. The molecule has 2 aromatic heterocycles. The lowest BCUT2D eigenvalue weighted by Gasteiger charge is -2.29. The molecule has 0 bridgehead atoms. The molecule has 0 saturated heterocycles. The van der Waals surface area contributed by atoms with E-state index in [0.717, 1.165) is 24.0 Å². The minimum atomic E-state index is -4.42. The van der Waals surface area contributed by atoms with E-state index < -0.39 is 21.6 Å². The van der Waals surface area contributed by atoms with Crippen LogP contribution in [0.25, 0.3) is 0 Å². The van der Waals surface area contributed by atoms with Crippen LogP contribution in [0.4, 0.5) is 19.0 Å². The number of rotatable bonds is 4. The summed E-state index contributed by atoms with van der Waals surface area (Å²) in [6.45, 7) is 0.880. The van der Waals surface area contributed by atoms with Gasteiger partial charge in [0.2, 0.25) is 5.88 Å². The summed E-state index contributed by atoms with van der Waals surface area (Å²) in [6, 6.07) is 9.18. The molecular weight excluding hydrogens is 433 g/mol. The number of halogens is 3. The smallest absolute Gasteiger partial charge is 0.416 e. The van der Waals surface area contributed by atoms with Gasteiger partial charge >= 0.3 is 6.18 Å². The lowest BCUT2D eigenvalue weighted by molar-refractivity contribution is -0.137. The van der Waals surface area contributed by atoms with E-state index in [-0.39, 0.29) is 16.7 Å². The lowest BCUT2D eigenvalue weighted by Crippen LogP contribution is -2.32. The second kappa shape index (κ2) is 7.80. The van der Waals surface area contributed by atoms with Crippen LogP contribution in [-0.4, -0.2) is 36.2 Å². The fourth-order valence-electron chi connectivity index (χ4n) is 3.22. The largest absolute Gasteiger partial charge is 0.439 e. The van der Waals surface area contributed by atoms with Crippen molar-refractivity contribution in [3.8, 4) is 11.6 Å². The Kier molecular flexibility index (Phi) is 5.29. The summed E-state index contributed by atoms with van der Waals surface area (Å²) in [5.41, 5.74) is 0.664. The molecule has 0 radical (unpaired) electrons. The predicted octanol–water partition coefficient (Wildman–Crippen LogP) is 3.65. The average Bonchev–Trinajstić information content (AvgIpc) is 2.73. The lowest BCUT2D eigenvalue weighted by atomic mass is 10.1. The van der Waals surface area contributed by atoms with Crippen LogP contribution in [0.3, 0.4) is 0 Å². The van der Waals surface area contributed by atoms with Crippen LogP contribution in [-0.2, 0) is 29.0 Å². The van der Waals surface area contributed by atoms with Crippen molar-refractivity contribution in [2.75, 3.05) is 17.7 Å². The van der Waals surface area contributed by atoms with Gasteiger partial charge in [0, 0.05) is 18.4 Å². The number of fused-ring (bicyclic) bond motifs is 1. The molecular formula is C20H17F3N4O3S. The Morgan fingerprint density at radius 3 is 2.48 bits per heavy atom. The Labute approximate surface area is 176 Å². The summed E-state index contributed by atoms with van der Waals surface area (Å²) >= 11 is 0. The number of benzene rings is 1. The number of aromatic nitrogens is 3. The van der Waals surface area contributed by atoms with Crippen molar-refractivity contribution in [1.82, 2.24) is 15.0 Å². The molecule has 31 heavy (non-hydrogen) atoms. The van der Waals surface area contributed by atoms with Gasteiger partial charge in [-0.3, -0.25) is 0 Å². The molecule has 0 atom stereocenters. The third-order valence-corrected chi connectivity index (χ3v) is 5.76. The van der Waals surface area contributed by atoms with E-state index in [4.69, 9.17) is 4.74 Å². The van der Waals surface area contributed by atoms with Crippen molar-refractivity contribution < 1.29 is 26.3 Å². The molecule has 4 rings (SSSR count). The second-order valence-corrected chi connectivity index (χ2v) is 8.97. The zero-order chi connectivity index (χ0) is 22.2.